The van der Waals surface area contributed by atoms with Crippen molar-refractivity contribution in [2.45, 2.75) is 11.8 Å². The number of hydrogen-bond donors (Lipinski definition) is 0. The minimum atomic E-state index is -3.70. The van der Waals surface area contributed by atoms with Crippen molar-refractivity contribution >= 4 is 27.8 Å². The normalized spacial score (nSPS) is 11.7. The third kappa shape index (κ3) is 4.06. The Bertz CT molecular complexity index is 743. The molecule has 0 radical (unpaired) electrons. The van der Waals surface area contributed by atoms with Crippen LogP contribution in [0.2, 0.25) is 5.02 Å². The minimum Gasteiger partial charge on any atom is -0.492 e. The molecule has 0 aliphatic carbocycles. The van der Waals surface area contributed by atoms with Crippen molar-refractivity contribution in [2.24, 2.45) is 4.40 Å². The van der Waals surface area contributed by atoms with Crippen LogP contribution in [0.3, 0.4) is 0 Å². The molecule has 0 spiro atoms. The molecule has 2 aromatic rings. The molecule has 4 nitrogen and oxygen atoms in total. The zero-order valence-electron chi connectivity index (χ0n) is 11.4. The maximum atomic E-state index is 12.0. The summed E-state index contributed by atoms with van der Waals surface area (Å²) in [4.78, 5) is 0.151. The van der Waals surface area contributed by atoms with Crippen LogP contribution in [-0.2, 0) is 10.0 Å². The minimum absolute atomic E-state index is 0.151. The number of hydrogen-bond acceptors (Lipinski definition) is 3. The number of ether oxygens (including phenoxy) is 1. The predicted molar refractivity (Wildman–Crippen MR) is 83.8 cm³/mol. The summed E-state index contributed by atoms with van der Waals surface area (Å²) in [6.45, 7) is 2.37. The van der Waals surface area contributed by atoms with E-state index in [9.17, 15) is 8.42 Å². The van der Waals surface area contributed by atoms with Gasteiger partial charge >= 0.3 is 0 Å². The first-order chi connectivity index (χ1) is 10.0. The molecule has 0 bridgehead atoms. The molecule has 0 saturated heterocycles. The van der Waals surface area contributed by atoms with Gasteiger partial charge in [-0.3, -0.25) is 0 Å². The Kier molecular flexibility index (Phi) is 4.98. The highest BCUT2D eigenvalue weighted by molar-refractivity contribution is 7.90. The van der Waals surface area contributed by atoms with Crippen LogP contribution in [-0.4, -0.2) is 21.2 Å². The highest BCUT2D eigenvalue weighted by Gasteiger charge is 2.10. The van der Waals surface area contributed by atoms with Crippen molar-refractivity contribution in [2.75, 3.05) is 6.61 Å². The molecule has 0 aliphatic rings. The molecule has 0 heterocycles. The number of nitrogens with zero attached hydrogens (tertiary/aromatic N) is 1. The van der Waals surface area contributed by atoms with Crippen LogP contribution in [0, 0.1) is 0 Å². The summed E-state index contributed by atoms with van der Waals surface area (Å²) in [7, 11) is -3.70. The van der Waals surface area contributed by atoms with E-state index in [0.29, 0.717) is 22.9 Å². The summed E-state index contributed by atoms with van der Waals surface area (Å²) < 4.78 is 33.0. The van der Waals surface area contributed by atoms with Crippen molar-refractivity contribution in [3.8, 4) is 5.75 Å². The van der Waals surface area contributed by atoms with E-state index < -0.39 is 10.0 Å². The Morgan fingerprint density at radius 2 is 1.90 bits per heavy atom. The van der Waals surface area contributed by atoms with Crippen LogP contribution in [0.25, 0.3) is 0 Å². The van der Waals surface area contributed by atoms with E-state index in [4.69, 9.17) is 16.3 Å². The van der Waals surface area contributed by atoms with Gasteiger partial charge in [-0.1, -0.05) is 29.8 Å². The highest BCUT2D eigenvalue weighted by atomic mass is 35.5. The molecule has 0 aliphatic heterocycles. The second-order valence-corrected chi connectivity index (χ2v) is 6.19. The Morgan fingerprint density at radius 1 is 1.19 bits per heavy atom. The van der Waals surface area contributed by atoms with Crippen LogP contribution in [0.4, 0.5) is 0 Å². The number of halogens is 1. The van der Waals surface area contributed by atoms with E-state index in [2.05, 4.69) is 4.40 Å². The summed E-state index contributed by atoms with van der Waals surface area (Å²) in [5.41, 5.74) is 0.586. The van der Waals surface area contributed by atoms with Gasteiger partial charge in [0.05, 0.1) is 16.5 Å². The van der Waals surface area contributed by atoms with Gasteiger partial charge in [0.25, 0.3) is 10.0 Å². The summed E-state index contributed by atoms with van der Waals surface area (Å²) in [6.07, 6.45) is 1.27. The van der Waals surface area contributed by atoms with Crippen LogP contribution >= 0.6 is 11.6 Å². The molecule has 0 aromatic heterocycles. The molecule has 0 fully saturated rings. The van der Waals surface area contributed by atoms with Gasteiger partial charge in [0, 0.05) is 6.21 Å². The Hall–Kier alpha value is -1.85. The molecule has 0 N–H and O–H groups in total. The predicted octanol–water partition coefficient (Wildman–Crippen LogP) is 3.55. The Labute approximate surface area is 129 Å². The molecule has 0 atom stereocenters. The summed E-state index contributed by atoms with van der Waals surface area (Å²) >= 11 is 6.04. The lowest BCUT2D eigenvalue weighted by Crippen LogP contribution is -1.98. The highest BCUT2D eigenvalue weighted by Crippen LogP contribution is 2.25. The Morgan fingerprint density at radius 3 is 2.52 bits per heavy atom. The summed E-state index contributed by atoms with van der Waals surface area (Å²) in [6, 6.07) is 13.0. The van der Waals surface area contributed by atoms with Crippen LogP contribution in [0.5, 0.6) is 5.75 Å². The quantitative estimate of drug-likeness (QED) is 0.791. The van der Waals surface area contributed by atoms with Gasteiger partial charge in [0.1, 0.15) is 5.75 Å². The molecule has 2 aromatic carbocycles. The van der Waals surface area contributed by atoms with Gasteiger partial charge < -0.3 is 4.74 Å². The molecule has 6 heteroatoms. The lowest BCUT2D eigenvalue weighted by Gasteiger charge is -2.05. The van der Waals surface area contributed by atoms with Gasteiger partial charge in [0.15, 0.2) is 0 Å². The van der Waals surface area contributed by atoms with E-state index >= 15 is 0 Å². The zero-order valence-corrected chi connectivity index (χ0v) is 12.9. The molecule has 2 rings (SSSR count). The van der Waals surface area contributed by atoms with E-state index in [1.165, 1.54) is 18.3 Å². The van der Waals surface area contributed by atoms with Crippen LogP contribution in [0.1, 0.15) is 12.5 Å². The second kappa shape index (κ2) is 6.74. The lowest BCUT2D eigenvalue weighted by molar-refractivity contribution is 0.340. The topological polar surface area (TPSA) is 55.7 Å². The monoisotopic (exact) mass is 323 g/mol. The average Bonchev–Trinajstić information content (AvgIpc) is 2.49. The first-order valence-electron chi connectivity index (χ1n) is 6.30. The second-order valence-electron chi connectivity index (χ2n) is 4.15. The first kappa shape index (κ1) is 15.5. The largest absolute Gasteiger partial charge is 0.492 e. The van der Waals surface area contributed by atoms with E-state index in [-0.39, 0.29) is 4.90 Å². The van der Waals surface area contributed by atoms with Crippen LogP contribution in [0.15, 0.2) is 57.8 Å². The number of sulfonamides is 1. The van der Waals surface area contributed by atoms with Gasteiger partial charge in [-0.25, -0.2) is 0 Å². The SMILES string of the molecule is CCOc1ccc(/C=N\S(=O)(=O)c2ccccc2)cc1Cl. The maximum Gasteiger partial charge on any atom is 0.282 e. The van der Waals surface area contributed by atoms with Crippen molar-refractivity contribution < 1.29 is 13.2 Å². The first-order valence-corrected chi connectivity index (χ1v) is 8.12. The molecule has 110 valence electrons. The zero-order chi connectivity index (χ0) is 15.3. The molecule has 21 heavy (non-hydrogen) atoms. The summed E-state index contributed by atoms with van der Waals surface area (Å²) in [5.74, 6) is 0.558. The van der Waals surface area contributed by atoms with Crippen molar-refractivity contribution in [3.63, 3.8) is 0 Å². The van der Waals surface area contributed by atoms with Crippen molar-refractivity contribution in [1.82, 2.24) is 0 Å². The van der Waals surface area contributed by atoms with E-state index in [1.807, 2.05) is 6.92 Å². The van der Waals surface area contributed by atoms with Gasteiger partial charge in [0.2, 0.25) is 0 Å². The molecule has 0 unspecified atom stereocenters. The fraction of sp³-hybridized carbons (Fsp3) is 0.133. The lowest BCUT2D eigenvalue weighted by atomic mass is 10.2. The smallest absolute Gasteiger partial charge is 0.282 e. The standard InChI is InChI=1S/C15H14ClNO3S/c1-2-20-15-9-8-12(10-14(15)16)11-17-21(18,19)13-6-4-3-5-7-13/h3-11H,2H2,1H3/b17-11-. The third-order valence-corrected chi connectivity index (χ3v) is 4.18. The Balaban J connectivity index is 2.23. The molecule has 0 saturated carbocycles. The maximum absolute atomic E-state index is 12.0. The number of benzene rings is 2. The third-order valence-electron chi connectivity index (χ3n) is 2.64. The number of rotatable bonds is 5. The van der Waals surface area contributed by atoms with Crippen molar-refractivity contribution in [3.05, 3.63) is 59.1 Å². The van der Waals surface area contributed by atoms with E-state index in [0.717, 1.165) is 0 Å². The van der Waals surface area contributed by atoms with Crippen molar-refractivity contribution in [1.29, 1.82) is 0 Å². The molecule has 0 amide bonds. The fourth-order valence-corrected chi connectivity index (χ4v) is 2.78. The van der Waals surface area contributed by atoms with Gasteiger partial charge in [-0.05, 0) is 42.8 Å². The summed E-state index contributed by atoms with van der Waals surface area (Å²) in [5, 5.41) is 0.415. The molecular formula is C15H14ClNO3S. The average molecular weight is 324 g/mol. The van der Waals surface area contributed by atoms with Gasteiger partial charge in [-0.15, -0.1) is 0 Å². The van der Waals surface area contributed by atoms with Gasteiger partial charge in [-0.2, -0.15) is 12.8 Å². The van der Waals surface area contributed by atoms with Crippen LogP contribution < -0.4 is 4.74 Å². The fourth-order valence-electron chi connectivity index (χ4n) is 1.65. The van der Waals surface area contributed by atoms with E-state index in [1.54, 1.807) is 36.4 Å². The molecular weight excluding hydrogens is 310 g/mol.